The summed E-state index contributed by atoms with van der Waals surface area (Å²) in [5.41, 5.74) is 0.362. The normalized spacial score (nSPS) is 14.7. The molecule has 2 aromatic rings. The standard InChI is InChI=1S/C14H14F2N6O/c15-11-2-1-10(7-12(11)16)18-13-8-17-20-14(19-13)22-5-3-21(9-23)4-6-22/h1-2,7-9H,3-6H2,(H,18,19,20). The third kappa shape index (κ3) is 3.50. The van der Waals surface area contributed by atoms with E-state index >= 15 is 0 Å². The van der Waals surface area contributed by atoms with E-state index in [9.17, 15) is 13.6 Å². The third-order valence-electron chi connectivity index (χ3n) is 3.49. The molecule has 9 heteroatoms. The van der Waals surface area contributed by atoms with Crippen LogP contribution in [0.15, 0.2) is 24.4 Å². The molecule has 7 nitrogen and oxygen atoms in total. The lowest BCUT2D eigenvalue weighted by Gasteiger charge is -2.32. The molecule has 1 aromatic carbocycles. The largest absolute Gasteiger partial charge is 0.342 e. The Labute approximate surface area is 130 Å². The van der Waals surface area contributed by atoms with Crippen molar-refractivity contribution in [3.8, 4) is 0 Å². The van der Waals surface area contributed by atoms with Crippen LogP contribution in [0.25, 0.3) is 0 Å². The lowest BCUT2D eigenvalue weighted by Crippen LogP contribution is -2.46. The summed E-state index contributed by atoms with van der Waals surface area (Å²) in [4.78, 5) is 18.6. The number of anilines is 3. The molecule has 1 amide bonds. The van der Waals surface area contributed by atoms with E-state index in [0.29, 0.717) is 43.6 Å². The topological polar surface area (TPSA) is 74.2 Å². The van der Waals surface area contributed by atoms with E-state index in [1.54, 1.807) is 4.90 Å². The highest BCUT2D eigenvalue weighted by atomic mass is 19.2. The van der Waals surface area contributed by atoms with Crippen LogP contribution >= 0.6 is 0 Å². The van der Waals surface area contributed by atoms with Crippen molar-refractivity contribution in [1.29, 1.82) is 0 Å². The molecular weight excluding hydrogens is 306 g/mol. The van der Waals surface area contributed by atoms with Gasteiger partial charge in [0.1, 0.15) is 0 Å². The Bertz CT molecular complexity index is 705. The van der Waals surface area contributed by atoms with Crippen LogP contribution < -0.4 is 10.2 Å². The van der Waals surface area contributed by atoms with Crippen molar-refractivity contribution in [3.05, 3.63) is 36.0 Å². The van der Waals surface area contributed by atoms with Crippen molar-refractivity contribution in [3.63, 3.8) is 0 Å². The Morgan fingerprint density at radius 3 is 2.61 bits per heavy atom. The molecule has 1 saturated heterocycles. The summed E-state index contributed by atoms with van der Waals surface area (Å²) < 4.78 is 26.1. The first-order valence-corrected chi connectivity index (χ1v) is 7.02. The van der Waals surface area contributed by atoms with Crippen molar-refractivity contribution in [2.75, 3.05) is 36.4 Å². The van der Waals surface area contributed by atoms with Crippen LogP contribution in [-0.4, -0.2) is 52.7 Å². The monoisotopic (exact) mass is 320 g/mol. The maximum absolute atomic E-state index is 13.2. The van der Waals surface area contributed by atoms with E-state index in [4.69, 9.17) is 0 Å². The number of nitrogens with one attached hydrogen (secondary N) is 1. The van der Waals surface area contributed by atoms with Crippen LogP contribution in [0.1, 0.15) is 0 Å². The fraction of sp³-hybridized carbons (Fsp3) is 0.286. The highest BCUT2D eigenvalue weighted by molar-refractivity contribution is 5.56. The molecule has 0 saturated carbocycles. The zero-order valence-electron chi connectivity index (χ0n) is 12.1. The number of rotatable bonds is 4. The molecule has 1 fully saturated rings. The molecule has 0 unspecified atom stereocenters. The van der Waals surface area contributed by atoms with Crippen LogP contribution in [0.5, 0.6) is 0 Å². The highest BCUT2D eigenvalue weighted by Gasteiger charge is 2.18. The van der Waals surface area contributed by atoms with Gasteiger partial charge in [0.15, 0.2) is 17.5 Å². The number of carbonyl (C=O) groups excluding carboxylic acids is 1. The van der Waals surface area contributed by atoms with E-state index in [1.165, 1.54) is 12.3 Å². The van der Waals surface area contributed by atoms with Crippen LogP contribution in [-0.2, 0) is 4.79 Å². The minimum Gasteiger partial charge on any atom is -0.342 e. The average molecular weight is 320 g/mol. The maximum Gasteiger partial charge on any atom is 0.247 e. The van der Waals surface area contributed by atoms with Gasteiger partial charge in [0.05, 0.1) is 6.20 Å². The smallest absolute Gasteiger partial charge is 0.247 e. The molecule has 1 aliphatic rings. The third-order valence-corrected chi connectivity index (χ3v) is 3.49. The van der Waals surface area contributed by atoms with Gasteiger partial charge in [-0.1, -0.05) is 0 Å². The van der Waals surface area contributed by atoms with Gasteiger partial charge in [-0.05, 0) is 12.1 Å². The van der Waals surface area contributed by atoms with Crippen molar-refractivity contribution >= 4 is 23.9 Å². The lowest BCUT2D eigenvalue weighted by atomic mass is 10.3. The minimum absolute atomic E-state index is 0.362. The van der Waals surface area contributed by atoms with Gasteiger partial charge in [0, 0.05) is 37.9 Å². The predicted molar refractivity (Wildman–Crippen MR) is 79.3 cm³/mol. The number of amides is 1. The molecule has 23 heavy (non-hydrogen) atoms. The van der Waals surface area contributed by atoms with Crippen molar-refractivity contribution < 1.29 is 13.6 Å². The first kappa shape index (κ1) is 15.1. The number of benzene rings is 1. The summed E-state index contributed by atoms with van der Waals surface area (Å²) in [7, 11) is 0. The van der Waals surface area contributed by atoms with Gasteiger partial charge < -0.3 is 15.1 Å². The molecule has 2 heterocycles. The number of hydrogen-bond donors (Lipinski definition) is 1. The Hall–Kier alpha value is -2.84. The van der Waals surface area contributed by atoms with Gasteiger partial charge >= 0.3 is 0 Å². The molecule has 3 rings (SSSR count). The minimum atomic E-state index is -0.942. The fourth-order valence-corrected chi connectivity index (χ4v) is 2.24. The summed E-state index contributed by atoms with van der Waals surface area (Å²) in [6.07, 6.45) is 2.21. The summed E-state index contributed by atoms with van der Waals surface area (Å²) in [6.45, 7) is 2.39. The Balaban J connectivity index is 1.72. The zero-order valence-corrected chi connectivity index (χ0v) is 12.1. The van der Waals surface area contributed by atoms with Gasteiger partial charge in [0.2, 0.25) is 12.4 Å². The van der Waals surface area contributed by atoms with E-state index in [1.807, 2.05) is 4.90 Å². The second-order valence-electron chi connectivity index (χ2n) is 5.02. The molecule has 120 valence electrons. The molecule has 1 N–H and O–H groups in total. The zero-order chi connectivity index (χ0) is 16.2. The van der Waals surface area contributed by atoms with Crippen LogP contribution in [0.2, 0.25) is 0 Å². The first-order chi connectivity index (χ1) is 11.2. The number of hydrogen-bond acceptors (Lipinski definition) is 6. The number of halogens is 2. The molecule has 0 radical (unpaired) electrons. The second kappa shape index (κ2) is 6.51. The Morgan fingerprint density at radius 2 is 1.91 bits per heavy atom. The van der Waals surface area contributed by atoms with Gasteiger partial charge in [-0.2, -0.15) is 10.1 Å². The van der Waals surface area contributed by atoms with Crippen molar-refractivity contribution in [2.24, 2.45) is 0 Å². The summed E-state index contributed by atoms with van der Waals surface area (Å²) >= 11 is 0. The van der Waals surface area contributed by atoms with Crippen LogP contribution in [0.3, 0.4) is 0 Å². The van der Waals surface area contributed by atoms with Crippen molar-refractivity contribution in [1.82, 2.24) is 20.1 Å². The molecule has 0 bridgehead atoms. The Morgan fingerprint density at radius 1 is 1.13 bits per heavy atom. The van der Waals surface area contributed by atoms with Gasteiger partial charge in [-0.15, -0.1) is 5.10 Å². The Kier molecular flexibility index (Phi) is 4.26. The number of carbonyl (C=O) groups is 1. The van der Waals surface area contributed by atoms with Crippen LogP contribution in [0.4, 0.5) is 26.2 Å². The molecule has 1 aromatic heterocycles. The quantitative estimate of drug-likeness (QED) is 0.853. The van der Waals surface area contributed by atoms with Crippen molar-refractivity contribution in [2.45, 2.75) is 0 Å². The molecular formula is C14H14F2N6O. The summed E-state index contributed by atoms with van der Waals surface area (Å²) in [5, 5.41) is 10.7. The van der Waals surface area contributed by atoms with E-state index in [0.717, 1.165) is 18.5 Å². The maximum atomic E-state index is 13.2. The summed E-state index contributed by atoms with van der Waals surface area (Å²) in [6, 6.07) is 3.48. The molecule has 0 spiro atoms. The highest BCUT2D eigenvalue weighted by Crippen LogP contribution is 2.18. The predicted octanol–water partition coefficient (Wildman–Crippen LogP) is 1.17. The number of nitrogens with zero attached hydrogens (tertiary/aromatic N) is 5. The summed E-state index contributed by atoms with van der Waals surface area (Å²) in [5.74, 6) is -1.06. The van der Waals surface area contributed by atoms with E-state index in [2.05, 4.69) is 20.5 Å². The second-order valence-corrected chi connectivity index (χ2v) is 5.02. The molecule has 1 aliphatic heterocycles. The van der Waals surface area contributed by atoms with Crippen LogP contribution in [0, 0.1) is 11.6 Å². The van der Waals surface area contributed by atoms with Gasteiger partial charge in [-0.3, -0.25) is 4.79 Å². The fourth-order valence-electron chi connectivity index (χ4n) is 2.24. The number of aromatic nitrogens is 3. The molecule has 0 atom stereocenters. The average Bonchev–Trinajstić information content (AvgIpc) is 2.58. The van der Waals surface area contributed by atoms with Gasteiger partial charge in [0.25, 0.3) is 0 Å². The molecule has 0 aliphatic carbocycles. The SMILES string of the molecule is O=CN1CCN(c2nncc(Nc3ccc(F)c(F)c3)n2)CC1. The number of piperazine rings is 1. The van der Waals surface area contributed by atoms with E-state index < -0.39 is 11.6 Å². The van der Waals surface area contributed by atoms with Gasteiger partial charge in [-0.25, -0.2) is 8.78 Å². The first-order valence-electron chi connectivity index (χ1n) is 7.02. The lowest BCUT2D eigenvalue weighted by molar-refractivity contribution is -0.118. The van der Waals surface area contributed by atoms with E-state index in [-0.39, 0.29) is 0 Å².